The van der Waals surface area contributed by atoms with Crippen LogP contribution in [0.3, 0.4) is 0 Å². The van der Waals surface area contributed by atoms with Crippen molar-refractivity contribution in [3.8, 4) is 0 Å². The van der Waals surface area contributed by atoms with Crippen LogP contribution >= 0.6 is 0 Å². The number of nitrogens with zero attached hydrogens (tertiary/aromatic N) is 2. The van der Waals surface area contributed by atoms with Crippen LogP contribution in [0.4, 0.5) is 0 Å². The van der Waals surface area contributed by atoms with Gasteiger partial charge in [0.15, 0.2) is 0 Å². The number of aryl methyl sites for hydroxylation is 1. The van der Waals surface area contributed by atoms with Crippen molar-refractivity contribution in [2.75, 3.05) is 6.54 Å². The maximum atomic E-state index is 11.6. The lowest BCUT2D eigenvalue weighted by molar-refractivity contribution is -0.120. The Kier molecular flexibility index (Phi) is 4.43. The van der Waals surface area contributed by atoms with Crippen LogP contribution in [0.25, 0.3) is 0 Å². The Labute approximate surface area is 115 Å². The van der Waals surface area contributed by atoms with E-state index in [0.29, 0.717) is 12.4 Å². The zero-order chi connectivity index (χ0) is 14.4. The molecule has 2 rings (SSSR count). The van der Waals surface area contributed by atoms with E-state index in [1.54, 1.807) is 6.92 Å². The summed E-state index contributed by atoms with van der Waals surface area (Å²) in [6, 6.07) is 9.53. The fourth-order valence-corrected chi connectivity index (χ4v) is 1.54. The molecule has 1 heterocycles. The predicted octanol–water partition coefficient (Wildman–Crippen LogP) is 0.159. The van der Waals surface area contributed by atoms with Crippen LogP contribution in [0.1, 0.15) is 22.0 Å². The van der Waals surface area contributed by atoms with E-state index in [1.807, 2.05) is 30.3 Å². The third-order valence-corrected chi connectivity index (χ3v) is 2.54. The Bertz CT molecular complexity index is 594. The standard InChI is InChI=1S/C13H15N5O2/c1-9-16-12(18-17-9)13(20)15-8-11(19)14-7-10-5-3-2-4-6-10/h2-6H,7-8H2,1H3,(H,14,19)(H,15,20)(H,16,17,18). The Balaban J connectivity index is 1.74. The first-order valence-electron chi connectivity index (χ1n) is 6.13. The van der Waals surface area contributed by atoms with Crippen molar-refractivity contribution >= 4 is 11.8 Å². The highest BCUT2D eigenvalue weighted by molar-refractivity contribution is 5.93. The predicted molar refractivity (Wildman–Crippen MR) is 71.7 cm³/mol. The maximum Gasteiger partial charge on any atom is 0.291 e. The molecular formula is C13H15N5O2. The van der Waals surface area contributed by atoms with Gasteiger partial charge in [-0.25, -0.2) is 4.98 Å². The van der Waals surface area contributed by atoms with E-state index in [9.17, 15) is 9.59 Å². The highest BCUT2D eigenvalue weighted by Gasteiger charge is 2.12. The molecule has 0 atom stereocenters. The summed E-state index contributed by atoms with van der Waals surface area (Å²) >= 11 is 0. The monoisotopic (exact) mass is 273 g/mol. The SMILES string of the molecule is Cc1nc(C(=O)NCC(=O)NCc2ccccc2)n[nH]1. The Morgan fingerprint density at radius 2 is 1.95 bits per heavy atom. The first kappa shape index (κ1) is 13.7. The van der Waals surface area contributed by atoms with E-state index in [4.69, 9.17) is 0 Å². The number of amides is 2. The van der Waals surface area contributed by atoms with Crippen molar-refractivity contribution < 1.29 is 9.59 Å². The van der Waals surface area contributed by atoms with E-state index in [2.05, 4.69) is 25.8 Å². The Hall–Kier alpha value is -2.70. The van der Waals surface area contributed by atoms with Crippen LogP contribution in [0, 0.1) is 6.92 Å². The summed E-state index contributed by atoms with van der Waals surface area (Å²) in [7, 11) is 0. The highest BCUT2D eigenvalue weighted by atomic mass is 16.2. The van der Waals surface area contributed by atoms with E-state index < -0.39 is 5.91 Å². The number of aromatic amines is 1. The summed E-state index contributed by atoms with van der Waals surface area (Å²) in [5.41, 5.74) is 0.997. The molecule has 0 unspecified atom stereocenters. The van der Waals surface area contributed by atoms with Gasteiger partial charge in [0, 0.05) is 6.54 Å². The molecule has 1 aromatic carbocycles. The molecule has 0 aliphatic rings. The molecule has 20 heavy (non-hydrogen) atoms. The fraction of sp³-hybridized carbons (Fsp3) is 0.231. The molecule has 0 aliphatic heterocycles. The molecule has 0 spiro atoms. The molecule has 7 nitrogen and oxygen atoms in total. The summed E-state index contributed by atoms with van der Waals surface area (Å²) in [4.78, 5) is 27.1. The van der Waals surface area contributed by atoms with Crippen molar-refractivity contribution in [1.29, 1.82) is 0 Å². The number of H-pyrrole nitrogens is 1. The van der Waals surface area contributed by atoms with E-state index in [-0.39, 0.29) is 18.3 Å². The molecular weight excluding hydrogens is 258 g/mol. The summed E-state index contributed by atoms with van der Waals surface area (Å²) in [6.45, 7) is 2.00. The van der Waals surface area contributed by atoms with Gasteiger partial charge in [0.05, 0.1) is 6.54 Å². The topological polar surface area (TPSA) is 99.8 Å². The van der Waals surface area contributed by atoms with E-state index in [1.165, 1.54) is 0 Å². The van der Waals surface area contributed by atoms with Gasteiger partial charge in [-0.3, -0.25) is 14.7 Å². The molecule has 1 aromatic heterocycles. The van der Waals surface area contributed by atoms with Crippen molar-refractivity contribution in [1.82, 2.24) is 25.8 Å². The third-order valence-electron chi connectivity index (χ3n) is 2.54. The second-order valence-electron chi connectivity index (χ2n) is 4.19. The second-order valence-corrected chi connectivity index (χ2v) is 4.19. The van der Waals surface area contributed by atoms with Crippen LogP contribution in [-0.4, -0.2) is 33.5 Å². The van der Waals surface area contributed by atoms with Gasteiger partial charge in [-0.05, 0) is 12.5 Å². The van der Waals surface area contributed by atoms with Crippen molar-refractivity contribution in [3.05, 3.63) is 47.5 Å². The first-order chi connectivity index (χ1) is 9.65. The summed E-state index contributed by atoms with van der Waals surface area (Å²) in [5.74, 6) is -0.180. The smallest absolute Gasteiger partial charge is 0.291 e. The molecule has 2 amide bonds. The van der Waals surface area contributed by atoms with Crippen LogP contribution in [0.2, 0.25) is 0 Å². The molecule has 7 heteroatoms. The number of rotatable bonds is 5. The quantitative estimate of drug-likeness (QED) is 0.722. The van der Waals surface area contributed by atoms with Gasteiger partial charge in [-0.15, -0.1) is 5.10 Å². The second kappa shape index (κ2) is 6.46. The number of hydrogen-bond donors (Lipinski definition) is 3. The molecule has 0 saturated carbocycles. The van der Waals surface area contributed by atoms with Gasteiger partial charge < -0.3 is 10.6 Å². The minimum absolute atomic E-state index is 0.0263. The van der Waals surface area contributed by atoms with Crippen LogP contribution in [0.5, 0.6) is 0 Å². The minimum atomic E-state index is -0.482. The van der Waals surface area contributed by atoms with Crippen molar-refractivity contribution in [2.45, 2.75) is 13.5 Å². The molecule has 3 N–H and O–H groups in total. The van der Waals surface area contributed by atoms with Crippen molar-refractivity contribution in [2.24, 2.45) is 0 Å². The number of carbonyl (C=O) groups is 2. The Morgan fingerprint density at radius 3 is 2.60 bits per heavy atom. The van der Waals surface area contributed by atoms with Gasteiger partial charge in [0.2, 0.25) is 11.7 Å². The van der Waals surface area contributed by atoms with E-state index in [0.717, 1.165) is 5.56 Å². The lowest BCUT2D eigenvalue weighted by atomic mass is 10.2. The van der Waals surface area contributed by atoms with Gasteiger partial charge in [-0.1, -0.05) is 30.3 Å². The molecule has 0 saturated heterocycles. The van der Waals surface area contributed by atoms with Crippen molar-refractivity contribution in [3.63, 3.8) is 0 Å². The van der Waals surface area contributed by atoms with Crippen LogP contribution in [0.15, 0.2) is 30.3 Å². The lowest BCUT2D eigenvalue weighted by Crippen LogP contribution is -2.37. The lowest BCUT2D eigenvalue weighted by Gasteiger charge is -2.05. The Morgan fingerprint density at radius 1 is 1.20 bits per heavy atom. The number of nitrogens with one attached hydrogen (secondary N) is 3. The summed E-state index contributed by atoms with van der Waals surface area (Å²) in [5, 5.41) is 11.4. The number of benzene rings is 1. The van der Waals surface area contributed by atoms with Gasteiger partial charge in [0.25, 0.3) is 5.91 Å². The van der Waals surface area contributed by atoms with E-state index >= 15 is 0 Å². The third kappa shape index (κ3) is 3.91. The average Bonchev–Trinajstić information content (AvgIpc) is 2.90. The zero-order valence-electron chi connectivity index (χ0n) is 11.0. The maximum absolute atomic E-state index is 11.6. The number of aromatic nitrogens is 3. The molecule has 0 aliphatic carbocycles. The summed E-state index contributed by atoms with van der Waals surface area (Å²) in [6.07, 6.45) is 0. The normalized spacial score (nSPS) is 10.1. The summed E-state index contributed by atoms with van der Waals surface area (Å²) < 4.78 is 0. The van der Waals surface area contributed by atoms with Gasteiger partial charge in [-0.2, -0.15) is 0 Å². The van der Waals surface area contributed by atoms with Gasteiger partial charge >= 0.3 is 0 Å². The molecule has 0 radical (unpaired) electrons. The number of hydrogen-bond acceptors (Lipinski definition) is 4. The first-order valence-corrected chi connectivity index (χ1v) is 6.13. The highest BCUT2D eigenvalue weighted by Crippen LogP contribution is 1.96. The van der Waals surface area contributed by atoms with Gasteiger partial charge in [0.1, 0.15) is 5.82 Å². The number of carbonyl (C=O) groups excluding carboxylic acids is 2. The molecule has 0 fully saturated rings. The average molecular weight is 273 g/mol. The van der Waals surface area contributed by atoms with Crippen LogP contribution in [-0.2, 0) is 11.3 Å². The fourth-order valence-electron chi connectivity index (χ4n) is 1.54. The molecule has 0 bridgehead atoms. The van der Waals surface area contributed by atoms with Crippen LogP contribution < -0.4 is 10.6 Å². The zero-order valence-corrected chi connectivity index (χ0v) is 11.0. The minimum Gasteiger partial charge on any atom is -0.350 e. The molecule has 2 aromatic rings. The molecule has 104 valence electrons. The largest absolute Gasteiger partial charge is 0.350 e.